The fourth-order valence-corrected chi connectivity index (χ4v) is 8.25. The van der Waals surface area contributed by atoms with Gasteiger partial charge in [0.05, 0.1) is 11.0 Å². The van der Waals surface area contributed by atoms with E-state index in [4.69, 9.17) is 4.98 Å². The first-order valence-electron chi connectivity index (χ1n) is 11.9. The molecule has 3 saturated carbocycles. The van der Waals surface area contributed by atoms with Crippen molar-refractivity contribution in [3.8, 4) is 0 Å². The minimum atomic E-state index is -0.0622. The summed E-state index contributed by atoms with van der Waals surface area (Å²) < 4.78 is 0. The number of rotatable bonds is 1. The average Bonchev–Trinajstić information content (AvgIpc) is 3.26. The van der Waals surface area contributed by atoms with E-state index < -0.39 is 0 Å². The van der Waals surface area contributed by atoms with Crippen LogP contribution in [0.1, 0.15) is 77.5 Å². The van der Waals surface area contributed by atoms with Gasteiger partial charge in [0.2, 0.25) is 0 Å². The molecule has 4 aliphatic rings. The number of allylic oxidation sites excluding steroid dienone is 2. The van der Waals surface area contributed by atoms with Gasteiger partial charge in [-0.15, -0.1) is 0 Å². The third kappa shape index (κ3) is 2.39. The van der Waals surface area contributed by atoms with E-state index in [0.717, 1.165) is 53.0 Å². The molecule has 1 heterocycles. The normalized spacial score (nSPS) is 41.9. The molecule has 3 heteroatoms. The lowest BCUT2D eigenvalue weighted by Crippen LogP contribution is -2.52. The fraction of sp³-hybridized carbons (Fsp3) is 0.654. The standard InChI is InChI=1S/C26H34N2O/c1-25-13-6-5-7-16(25)10-11-17-19(25)12-14-26(2)20(17)15-18(23(26)29)24-27-21-8-3-4-9-22(21)28-24/h3-4,8-9,16-17,19-20,29H,5-7,10-15H2,1-2H3,(H,27,28)/t16?,17?,19?,20?,25-,26-/m1/s1. The number of para-hydroxylation sites is 2. The molecule has 2 aromatic rings. The molecule has 0 spiro atoms. The Morgan fingerprint density at radius 1 is 1.00 bits per heavy atom. The summed E-state index contributed by atoms with van der Waals surface area (Å²) in [5.74, 6) is 4.66. The maximum absolute atomic E-state index is 11.4. The number of aromatic nitrogens is 2. The molecule has 4 unspecified atom stereocenters. The second-order valence-electron chi connectivity index (χ2n) is 11.0. The first-order chi connectivity index (χ1) is 14.0. The highest BCUT2D eigenvalue weighted by Gasteiger charge is 2.59. The quantitative estimate of drug-likeness (QED) is 0.558. The van der Waals surface area contributed by atoms with Crippen LogP contribution in [0.15, 0.2) is 30.0 Å². The SMILES string of the molecule is C[C@@]12CCCCC1CCC1C2CC[C@@]2(C)C(O)=C(c3nc4ccccc4[nH]3)CC12. The van der Waals surface area contributed by atoms with Crippen LogP contribution in [0.2, 0.25) is 0 Å². The molecule has 0 amide bonds. The summed E-state index contributed by atoms with van der Waals surface area (Å²) in [6.07, 6.45) is 11.9. The highest BCUT2D eigenvalue weighted by Crippen LogP contribution is 2.67. The molecule has 0 aliphatic heterocycles. The Hall–Kier alpha value is -1.77. The van der Waals surface area contributed by atoms with E-state index in [1.165, 1.54) is 44.9 Å². The molecular formula is C26H34N2O. The molecule has 0 saturated heterocycles. The van der Waals surface area contributed by atoms with E-state index in [1.807, 2.05) is 12.1 Å². The van der Waals surface area contributed by atoms with E-state index in [1.54, 1.807) is 0 Å². The number of hydrogen-bond donors (Lipinski definition) is 2. The van der Waals surface area contributed by atoms with Crippen molar-refractivity contribution < 1.29 is 5.11 Å². The van der Waals surface area contributed by atoms with Crippen LogP contribution in [-0.2, 0) is 0 Å². The van der Waals surface area contributed by atoms with Crippen LogP contribution < -0.4 is 0 Å². The molecule has 2 N–H and O–H groups in total. The molecule has 1 aromatic carbocycles. The van der Waals surface area contributed by atoms with E-state index in [-0.39, 0.29) is 5.41 Å². The number of hydrogen-bond acceptors (Lipinski definition) is 2. The van der Waals surface area contributed by atoms with E-state index in [9.17, 15) is 5.11 Å². The highest BCUT2D eigenvalue weighted by atomic mass is 16.3. The number of aromatic amines is 1. The molecule has 4 aliphatic carbocycles. The van der Waals surface area contributed by atoms with Crippen molar-refractivity contribution in [2.24, 2.45) is 34.5 Å². The zero-order valence-corrected chi connectivity index (χ0v) is 17.9. The van der Waals surface area contributed by atoms with E-state index in [2.05, 4.69) is 31.0 Å². The van der Waals surface area contributed by atoms with Crippen LogP contribution in [0.5, 0.6) is 0 Å². The van der Waals surface area contributed by atoms with Gasteiger partial charge < -0.3 is 10.1 Å². The number of fused-ring (bicyclic) bond motifs is 6. The number of H-pyrrole nitrogens is 1. The molecular weight excluding hydrogens is 356 g/mol. The Bertz CT molecular complexity index is 957. The van der Waals surface area contributed by atoms with Crippen molar-refractivity contribution in [2.45, 2.75) is 71.6 Å². The Morgan fingerprint density at radius 2 is 1.86 bits per heavy atom. The summed E-state index contributed by atoms with van der Waals surface area (Å²) in [5.41, 5.74) is 3.63. The van der Waals surface area contributed by atoms with Crippen LogP contribution >= 0.6 is 0 Å². The van der Waals surface area contributed by atoms with Gasteiger partial charge >= 0.3 is 0 Å². The van der Waals surface area contributed by atoms with Crippen molar-refractivity contribution >= 4 is 16.6 Å². The predicted molar refractivity (Wildman–Crippen MR) is 117 cm³/mol. The second kappa shape index (κ2) is 6.12. The summed E-state index contributed by atoms with van der Waals surface area (Å²) in [7, 11) is 0. The highest BCUT2D eigenvalue weighted by molar-refractivity contribution is 5.79. The van der Waals surface area contributed by atoms with Gasteiger partial charge in [0.15, 0.2) is 0 Å². The lowest BCUT2D eigenvalue weighted by atomic mass is 9.45. The molecule has 29 heavy (non-hydrogen) atoms. The Balaban J connectivity index is 1.36. The van der Waals surface area contributed by atoms with Gasteiger partial charge in [-0.1, -0.05) is 38.8 Å². The number of aliphatic hydroxyl groups is 1. The monoisotopic (exact) mass is 390 g/mol. The maximum Gasteiger partial charge on any atom is 0.137 e. The summed E-state index contributed by atoms with van der Waals surface area (Å²) in [6.45, 7) is 4.97. The molecule has 3 fully saturated rings. The topological polar surface area (TPSA) is 48.9 Å². The summed E-state index contributed by atoms with van der Waals surface area (Å²) in [5, 5.41) is 11.4. The van der Waals surface area contributed by atoms with Gasteiger partial charge in [0.25, 0.3) is 0 Å². The molecule has 0 radical (unpaired) electrons. The van der Waals surface area contributed by atoms with Crippen molar-refractivity contribution in [3.63, 3.8) is 0 Å². The third-order valence-corrected chi connectivity index (χ3v) is 9.90. The number of benzene rings is 1. The molecule has 3 nitrogen and oxygen atoms in total. The first kappa shape index (κ1) is 18.0. The second-order valence-corrected chi connectivity index (χ2v) is 11.0. The minimum absolute atomic E-state index is 0.0622. The molecule has 6 atom stereocenters. The largest absolute Gasteiger partial charge is 0.511 e. The van der Waals surface area contributed by atoms with Crippen molar-refractivity contribution in [1.29, 1.82) is 0 Å². The van der Waals surface area contributed by atoms with Gasteiger partial charge in [-0.05, 0) is 86.2 Å². The Morgan fingerprint density at radius 3 is 2.72 bits per heavy atom. The summed E-state index contributed by atoms with van der Waals surface area (Å²) in [4.78, 5) is 8.33. The third-order valence-electron chi connectivity index (χ3n) is 9.90. The molecule has 6 rings (SSSR count). The lowest BCUT2D eigenvalue weighted by molar-refractivity contribution is -0.104. The molecule has 154 valence electrons. The van der Waals surface area contributed by atoms with Crippen molar-refractivity contribution in [3.05, 3.63) is 35.8 Å². The van der Waals surface area contributed by atoms with Gasteiger partial charge in [0, 0.05) is 11.0 Å². The fourth-order valence-electron chi connectivity index (χ4n) is 8.25. The smallest absolute Gasteiger partial charge is 0.137 e. The van der Waals surface area contributed by atoms with Crippen LogP contribution in [0.25, 0.3) is 16.6 Å². The van der Waals surface area contributed by atoms with Gasteiger partial charge in [-0.25, -0.2) is 4.98 Å². The van der Waals surface area contributed by atoms with Crippen molar-refractivity contribution in [1.82, 2.24) is 9.97 Å². The average molecular weight is 391 g/mol. The number of nitrogens with zero attached hydrogens (tertiary/aromatic N) is 1. The predicted octanol–water partition coefficient (Wildman–Crippen LogP) is 6.87. The van der Waals surface area contributed by atoms with Gasteiger partial charge in [-0.3, -0.25) is 0 Å². The lowest BCUT2D eigenvalue weighted by Gasteiger charge is -2.59. The summed E-state index contributed by atoms with van der Waals surface area (Å²) in [6, 6.07) is 8.21. The molecule has 1 aromatic heterocycles. The van der Waals surface area contributed by atoms with E-state index >= 15 is 0 Å². The maximum atomic E-state index is 11.4. The van der Waals surface area contributed by atoms with Crippen molar-refractivity contribution in [2.75, 3.05) is 0 Å². The van der Waals surface area contributed by atoms with Gasteiger partial charge in [-0.2, -0.15) is 0 Å². The van der Waals surface area contributed by atoms with Crippen LogP contribution in [-0.4, -0.2) is 15.1 Å². The number of nitrogens with one attached hydrogen (secondary N) is 1. The first-order valence-corrected chi connectivity index (χ1v) is 11.9. The number of aliphatic hydroxyl groups excluding tert-OH is 1. The minimum Gasteiger partial charge on any atom is -0.511 e. The van der Waals surface area contributed by atoms with Crippen LogP contribution in [0.3, 0.4) is 0 Å². The Labute approximate surface area is 174 Å². The number of imidazole rings is 1. The zero-order chi connectivity index (χ0) is 19.8. The Kier molecular flexibility index (Phi) is 3.81. The van der Waals surface area contributed by atoms with Crippen LogP contribution in [0.4, 0.5) is 0 Å². The zero-order valence-electron chi connectivity index (χ0n) is 17.9. The van der Waals surface area contributed by atoms with Crippen LogP contribution in [0, 0.1) is 34.5 Å². The summed E-state index contributed by atoms with van der Waals surface area (Å²) >= 11 is 0. The molecule has 0 bridgehead atoms. The van der Waals surface area contributed by atoms with E-state index in [0.29, 0.717) is 17.1 Å². The van der Waals surface area contributed by atoms with Gasteiger partial charge in [0.1, 0.15) is 11.6 Å².